The van der Waals surface area contributed by atoms with Crippen LogP contribution < -0.4 is 0 Å². The number of aliphatic hydroxyl groups is 1. The molecule has 1 unspecified atom stereocenters. The molecule has 1 saturated heterocycles. The number of thioether (sulfide) groups is 1. The van der Waals surface area contributed by atoms with Crippen molar-refractivity contribution >= 4 is 23.6 Å². The number of carboxylic acids is 1. The highest BCUT2D eigenvalue weighted by atomic mass is 32.2. The van der Waals surface area contributed by atoms with Gasteiger partial charge in [0.05, 0.1) is 18.1 Å². The summed E-state index contributed by atoms with van der Waals surface area (Å²) < 4.78 is 0. The number of unbranched alkanes of at least 4 members (excludes halogenated alkanes) is 2. The third-order valence-corrected chi connectivity index (χ3v) is 5.62. The van der Waals surface area contributed by atoms with E-state index < -0.39 is 12.1 Å². The number of nitrogens with zero attached hydrogens (tertiary/aromatic N) is 1. The summed E-state index contributed by atoms with van der Waals surface area (Å²) in [4.78, 5) is 24.7. The van der Waals surface area contributed by atoms with E-state index in [1.807, 2.05) is 17.1 Å². The molecule has 6 heteroatoms. The normalized spacial score (nSPS) is 20.4. The maximum atomic E-state index is 12.0. The quantitative estimate of drug-likeness (QED) is 0.384. The number of aliphatic carboxylic acids is 1. The van der Waals surface area contributed by atoms with Crippen molar-refractivity contribution in [3.8, 4) is 0 Å². The highest BCUT2D eigenvalue weighted by Gasteiger charge is 2.28. The van der Waals surface area contributed by atoms with Gasteiger partial charge >= 0.3 is 5.97 Å². The van der Waals surface area contributed by atoms with E-state index in [0.29, 0.717) is 19.4 Å². The molecule has 25 heavy (non-hydrogen) atoms. The lowest BCUT2D eigenvalue weighted by Gasteiger charge is -2.22. The second kappa shape index (κ2) is 12.4. The minimum atomic E-state index is -0.752. The fourth-order valence-corrected chi connectivity index (χ4v) is 3.90. The van der Waals surface area contributed by atoms with E-state index >= 15 is 0 Å². The van der Waals surface area contributed by atoms with Gasteiger partial charge in [0.15, 0.2) is 0 Å². The topological polar surface area (TPSA) is 77.8 Å². The molecule has 0 spiro atoms. The molecule has 1 aliphatic rings. The zero-order valence-corrected chi connectivity index (χ0v) is 16.3. The Labute approximate surface area is 155 Å². The molecular formula is C19H33NO4S. The standard InChI is InChI=1S/C19H33NO4S/c1-3-4-5-6-17(21)9-7-16-8-10-18(22)20(16)12-14-25-13-11-15(2)19(23)24/h7,9,15-17,21H,3-6,8,10-14H2,1-2H3,(H,23,24)/b9-7+/t15?,16-,17-/m0/s1. The van der Waals surface area contributed by atoms with E-state index in [1.54, 1.807) is 18.7 Å². The van der Waals surface area contributed by atoms with Gasteiger partial charge in [0.25, 0.3) is 0 Å². The summed E-state index contributed by atoms with van der Waals surface area (Å²) in [5.41, 5.74) is 0. The van der Waals surface area contributed by atoms with Gasteiger partial charge in [-0.1, -0.05) is 45.3 Å². The van der Waals surface area contributed by atoms with E-state index in [1.165, 1.54) is 0 Å². The van der Waals surface area contributed by atoms with Gasteiger partial charge in [-0.3, -0.25) is 9.59 Å². The molecule has 0 aliphatic carbocycles. The Morgan fingerprint density at radius 3 is 2.80 bits per heavy atom. The van der Waals surface area contributed by atoms with Crippen LogP contribution in [0, 0.1) is 5.92 Å². The molecule has 1 amide bonds. The highest BCUT2D eigenvalue weighted by Crippen LogP contribution is 2.21. The van der Waals surface area contributed by atoms with Crippen molar-refractivity contribution in [3.05, 3.63) is 12.2 Å². The fraction of sp³-hybridized carbons (Fsp3) is 0.789. The van der Waals surface area contributed by atoms with Gasteiger partial charge in [-0.15, -0.1) is 0 Å². The average Bonchev–Trinajstić information content (AvgIpc) is 2.92. The third-order valence-electron chi connectivity index (χ3n) is 4.63. The maximum Gasteiger partial charge on any atom is 0.306 e. The molecule has 0 radical (unpaired) electrons. The molecular weight excluding hydrogens is 338 g/mol. The lowest BCUT2D eigenvalue weighted by atomic mass is 10.1. The molecule has 1 aliphatic heterocycles. The van der Waals surface area contributed by atoms with E-state index in [9.17, 15) is 14.7 Å². The first-order chi connectivity index (χ1) is 12.0. The van der Waals surface area contributed by atoms with E-state index in [4.69, 9.17) is 5.11 Å². The van der Waals surface area contributed by atoms with Crippen LogP contribution in [0.3, 0.4) is 0 Å². The molecule has 0 saturated carbocycles. The van der Waals surface area contributed by atoms with E-state index in [0.717, 1.165) is 43.6 Å². The van der Waals surface area contributed by atoms with Crippen LogP contribution in [0.4, 0.5) is 0 Å². The van der Waals surface area contributed by atoms with Crippen molar-refractivity contribution in [1.29, 1.82) is 0 Å². The number of aliphatic hydroxyl groups excluding tert-OH is 1. The summed E-state index contributed by atoms with van der Waals surface area (Å²) >= 11 is 1.70. The van der Waals surface area contributed by atoms with Gasteiger partial charge in [0, 0.05) is 18.7 Å². The minimum absolute atomic E-state index is 0.0897. The molecule has 1 rings (SSSR count). The Morgan fingerprint density at radius 1 is 1.36 bits per heavy atom. The van der Waals surface area contributed by atoms with Gasteiger partial charge < -0.3 is 15.1 Å². The Bertz CT molecular complexity index is 441. The van der Waals surface area contributed by atoms with Crippen LogP contribution in [0.25, 0.3) is 0 Å². The molecule has 0 aromatic rings. The van der Waals surface area contributed by atoms with Crippen LogP contribution in [0.1, 0.15) is 58.8 Å². The van der Waals surface area contributed by atoms with Crippen molar-refractivity contribution in [2.24, 2.45) is 5.92 Å². The van der Waals surface area contributed by atoms with Crippen molar-refractivity contribution in [1.82, 2.24) is 4.90 Å². The Morgan fingerprint density at radius 2 is 2.12 bits per heavy atom. The molecule has 2 N–H and O–H groups in total. The zero-order chi connectivity index (χ0) is 18.7. The largest absolute Gasteiger partial charge is 0.481 e. The second-order valence-electron chi connectivity index (χ2n) is 6.78. The monoisotopic (exact) mass is 371 g/mol. The predicted molar refractivity (Wildman–Crippen MR) is 103 cm³/mol. The van der Waals surface area contributed by atoms with Crippen LogP contribution in [0.5, 0.6) is 0 Å². The smallest absolute Gasteiger partial charge is 0.306 e. The molecule has 3 atom stereocenters. The average molecular weight is 372 g/mol. The first kappa shape index (κ1) is 22.0. The summed E-state index contributed by atoms with van der Waals surface area (Å²) in [6, 6.07) is 0.0897. The van der Waals surface area contributed by atoms with Crippen LogP contribution in [-0.4, -0.2) is 57.2 Å². The lowest BCUT2D eigenvalue weighted by molar-refractivity contribution is -0.141. The number of hydrogen-bond acceptors (Lipinski definition) is 4. The first-order valence-electron chi connectivity index (χ1n) is 9.42. The van der Waals surface area contributed by atoms with Crippen LogP contribution in [-0.2, 0) is 9.59 Å². The number of carboxylic acid groups (broad SMARTS) is 1. The minimum Gasteiger partial charge on any atom is -0.481 e. The number of carbonyl (C=O) groups excluding carboxylic acids is 1. The van der Waals surface area contributed by atoms with E-state index in [-0.39, 0.29) is 17.9 Å². The van der Waals surface area contributed by atoms with Gasteiger partial charge in [0.1, 0.15) is 0 Å². The Balaban J connectivity index is 2.31. The molecule has 1 fully saturated rings. The number of hydrogen-bond donors (Lipinski definition) is 2. The molecule has 0 aromatic carbocycles. The second-order valence-corrected chi connectivity index (χ2v) is 8.01. The molecule has 1 heterocycles. The summed E-state index contributed by atoms with van der Waals surface area (Å²) in [5.74, 6) is 0.728. The van der Waals surface area contributed by atoms with Crippen molar-refractivity contribution < 1.29 is 19.8 Å². The van der Waals surface area contributed by atoms with Crippen molar-refractivity contribution in [2.75, 3.05) is 18.1 Å². The molecule has 5 nitrogen and oxygen atoms in total. The number of rotatable bonds is 13. The molecule has 0 aromatic heterocycles. The summed E-state index contributed by atoms with van der Waals surface area (Å²) in [6.45, 7) is 4.55. The predicted octanol–water partition coefficient (Wildman–Crippen LogP) is 3.32. The highest BCUT2D eigenvalue weighted by molar-refractivity contribution is 7.99. The summed E-state index contributed by atoms with van der Waals surface area (Å²) in [7, 11) is 0. The lowest BCUT2D eigenvalue weighted by Crippen LogP contribution is -2.34. The number of carbonyl (C=O) groups is 2. The van der Waals surface area contributed by atoms with Gasteiger partial charge in [0.2, 0.25) is 5.91 Å². The van der Waals surface area contributed by atoms with Crippen LogP contribution in [0.2, 0.25) is 0 Å². The van der Waals surface area contributed by atoms with Crippen LogP contribution in [0.15, 0.2) is 12.2 Å². The number of likely N-dealkylation sites (tertiary alicyclic amines) is 1. The Hall–Kier alpha value is -1.01. The SMILES string of the molecule is CCCCC[C@H](O)/C=C/[C@H]1CCC(=O)N1CCSCCC(C)C(=O)O. The van der Waals surface area contributed by atoms with Gasteiger partial charge in [-0.2, -0.15) is 11.8 Å². The molecule has 144 valence electrons. The summed E-state index contributed by atoms with van der Waals surface area (Å²) in [5, 5.41) is 18.9. The van der Waals surface area contributed by atoms with Gasteiger partial charge in [-0.05, 0) is 25.0 Å². The van der Waals surface area contributed by atoms with Gasteiger partial charge in [-0.25, -0.2) is 0 Å². The van der Waals surface area contributed by atoms with Crippen molar-refractivity contribution in [2.45, 2.75) is 70.9 Å². The summed E-state index contributed by atoms with van der Waals surface area (Å²) in [6.07, 6.45) is 9.54. The molecule has 0 bridgehead atoms. The zero-order valence-electron chi connectivity index (χ0n) is 15.5. The third kappa shape index (κ3) is 8.77. The fourth-order valence-electron chi connectivity index (χ4n) is 2.85. The first-order valence-corrected chi connectivity index (χ1v) is 10.6. The van der Waals surface area contributed by atoms with Crippen LogP contribution >= 0.6 is 11.8 Å². The maximum absolute atomic E-state index is 12.0. The number of amides is 1. The Kier molecular flexibility index (Phi) is 10.9. The van der Waals surface area contributed by atoms with E-state index in [2.05, 4.69) is 6.92 Å². The van der Waals surface area contributed by atoms with Crippen molar-refractivity contribution in [3.63, 3.8) is 0 Å².